The number of allylic oxidation sites excluding steroid dienone is 1. The number of nitrogens with zero attached hydrogens (tertiary/aromatic N) is 1. The molecule has 0 fully saturated rings. The van der Waals surface area contributed by atoms with E-state index >= 15 is 0 Å². The van der Waals surface area contributed by atoms with Gasteiger partial charge in [0.25, 0.3) is 0 Å². The van der Waals surface area contributed by atoms with Gasteiger partial charge in [-0.2, -0.15) is 5.26 Å². The number of hydrogen-bond donors (Lipinski definition) is 0. The van der Waals surface area contributed by atoms with Crippen molar-refractivity contribution in [1.82, 2.24) is 0 Å². The van der Waals surface area contributed by atoms with Crippen LogP contribution in [0, 0.1) is 16.7 Å². The zero-order chi connectivity index (χ0) is 16.8. The molecule has 0 saturated carbocycles. The summed E-state index contributed by atoms with van der Waals surface area (Å²) in [7, 11) is 1.54. The third-order valence-corrected chi connectivity index (χ3v) is 2.90. The fraction of sp³-hybridized carbons (Fsp3) is 0.333. The highest BCUT2D eigenvalue weighted by molar-refractivity contribution is 6.06. The van der Waals surface area contributed by atoms with Crippen molar-refractivity contribution in [3.05, 3.63) is 42.0 Å². The Bertz CT molecular complexity index is 631. The summed E-state index contributed by atoms with van der Waals surface area (Å²) in [5.74, 6) is 0.928. The van der Waals surface area contributed by atoms with Crippen LogP contribution in [0.1, 0.15) is 26.3 Å². The van der Waals surface area contributed by atoms with E-state index in [1.165, 1.54) is 7.11 Å². The third-order valence-electron chi connectivity index (χ3n) is 2.90. The monoisotopic (exact) mass is 299 g/mol. The van der Waals surface area contributed by atoms with Gasteiger partial charge in [-0.25, -0.2) is 0 Å². The first-order chi connectivity index (χ1) is 10.3. The highest BCUT2D eigenvalue weighted by Crippen LogP contribution is 2.29. The summed E-state index contributed by atoms with van der Waals surface area (Å²) in [6.07, 6.45) is 3.20. The summed E-state index contributed by atoms with van der Waals surface area (Å²) in [5.41, 5.74) is 0.227. The van der Waals surface area contributed by atoms with Crippen LogP contribution in [-0.4, -0.2) is 19.5 Å². The molecular formula is C18H21NO3. The maximum absolute atomic E-state index is 12.2. The summed E-state index contributed by atoms with van der Waals surface area (Å²) in [4.78, 5) is 12.2. The van der Waals surface area contributed by atoms with E-state index < -0.39 is 5.41 Å². The van der Waals surface area contributed by atoms with Gasteiger partial charge in [0.1, 0.15) is 12.7 Å². The lowest BCUT2D eigenvalue weighted by Crippen LogP contribution is -2.21. The van der Waals surface area contributed by atoms with Gasteiger partial charge in [0.15, 0.2) is 17.3 Å². The Morgan fingerprint density at radius 3 is 2.55 bits per heavy atom. The lowest BCUT2D eigenvalue weighted by Gasteiger charge is -2.15. The van der Waals surface area contributed by atoms with Crippen LogP contribution >= 0.6 is 0 Å². The highest BCUT2D eigenvalue weighted by atomic mass is 16.5. The number of Topliss-reactive ketones (excluding diaryl/α,β-unsaturated/α-hetero) is 1. The number of ether oxygens (including phenoxy) is 2. The van der Waals surface area contributed by atoms with E-state index in [-0.39, 0.29) is 11.4 Å². The minimum absolute atomic E-state index is 0.120. The number of hydrogen-bond acceptors (Lipinski definition) is 4. The third kappa shape index (κ3) is 4.49. The molecule has 1 aromatic rings. The second kappa shape index (κ2) is 7.46. The van der Waals surface area contributed by atoms with E-state index in [9.17, 15) is 10.1 Å². The molecule has 4 heteroatoms. The summed E-state index contributed by atoms with van der Waals surface area (Å²) < 4.78 is 10.7. The van der Waals surface area contributed by atoms with Gasteiger partial charge in [0, 0.05) is 5.41 Å². The average Bonchev–Trinajstić information content (AvgIpc) is 2.49. The number of rotatable bonds is 6. The van der Waals surface area contributed by atoms with Crippen LogP contribution in [0.4, 0.5) is 0 Å². The molecular weight excluding hydrogens is 278 g/mol. The van der Waals surface area contributed by atoms with Crippen LogP contribution in [0.2, 0.25) is 0 Å². The molecule has 0 heterocycles. The molecule has 0 spiro atoms. The number of methoxy groups -OCH3 is 1. The number of carbonyl (C=O) groups excluding carboxylic acids is 1. The first-order valence-electron chi connectivity index (χ1n) is 6.91. The molecule has 0 radical (unpaired) electrons. The van der Waals surface area contributed by atoms with Crippen LogP contribution < -0.4 is 9.47 Å². The molecule has 0 atom stereocenters. The first-order valence-corrected chi connectivity index (χ1v) is 6.91. The summed E-state index contributed by atoms with van der Waals surface area (Å²) in [6.45, 7) is 9.32. The molecule has 0 saturated heterocycles. The van der Waals surface area contributed by atoms with E-state index in [0.29, 0.717) is 23.7 Å². The average molecular weight is 299 g/mol. The molecule has 0 amide bonds. The molecule has 0 aromatic heterocycles. The molecule has 0 aliphatic heterocycles. The van der Waals surface area contributed by atoms with Gasteiger partial charge in [-0.05, 0) is 23.8 Å². The minimum atomic E-state index is -0.599. The Morgan fingerprint density at radius 2 is 2.05 bits per heavy atom. The molecule has 4 nitrogen and oxygen atoms in total. The first kappa shape index (κ1) is 17.5. The smallest absolute Gasteiger partial charge is 0.178 e. The predicted molar refractivity (Wildman–Crippen MR) is 86.7 cm³/mol. The van der Waals surface area contributed by atoms with Gasteiger partial charge in [0.2, 0.25) is 0 Å². The number of ketones is 1. The number of nitriles is 1. The lowest BCUT2D eigenvalue weighted by molar-refractivity contribution is -0.121. The molecule has 22 heavy (non-hydrogen) atoms. The molecule has 1 rings (SSSR count). The Balaban J connectivity index is 3.16. The van der Waals surface area contributed by atoms with Crippen molar-refractivity contribution >= 4 is 11.9 Å². The van der Waals surface area contributed by atoms with E-state index in [0.717, 1.165) is 0 Å². The highest BCUT2D eigenvalue weighted by Gasteiger charge is 2.25. The minimum Gasteiger partial charge on any atom is -0.493 e. The predicted octanol–water partition coefficient (Wildman–Crippen LogP) is 3.78. The second-order valence-electron chi connectivity index (χ2n) is 5.76. The van der Waals surface area contributed by atoms with E-state index in [1.54, 1.807) is 51.1 Å². The molecule has 0 aliphatic rings. The van der Waals surface area contributed by atoms with Gasteiger partial charge >= 0.3 is 0 Å². The molecule has 0 unspecified atom stereocenters. The van der Waals surface area contributed by atoms with E-state index in [4.69, 9.17) is 9.47 Å². The Labute approximate surface area is 131 Å². The van der Waals surface area contributed by atoms with Gasteiger partial charge in [-0.3, -0.25) is 4.79 Å². The van der Waals surface area contributed by atoms with Crippen molar-refractivity contribution in [2.45, 2.75) is 20.8 Å². The SMILES string of the molecule is C=CCOc1ccc(C=C(C#N)C(=O)C(C)(C)C)cc1OC. The van der Waals surface area contributed by atoms with Gasteiger partial charge in [0.05, 0.1) is 12.7 Å². The molecule has 0 N–H and O–H groups in total. The number of carbonyl (C=O) groups is 1. The summed E-state index contributed by atoms with van der Waals surface area (Å²) >= 11 is 0. The standard InChI is InChI=1S/C18H21NO3/c1-6-9-22-15-8-7-13(11-16(15)21-5)10-14(12-19)17(20)18(2,3)4/h6-8,10-11H,1,9H2,2-5H3. The van der Waals surface area contributed by atoms with E-state index in [1.807, 2.05) is 6.07 Å². The fourth-order valence-electron chi connectivity index (χ4n) is 1.76. The normalized spacial score (nSPS) is 11.5. The summed E-state index contributed by atoms with van der Waals surface area (Å²) in [5, 5.41) is 9.21. The molecule has 1 aromatic carbocycles. The van der Waals surface area contributed by atoms with Crippen molar-refractivity contribution < 1.29 is 14.3 Å². The van der Waals surface area contributed by atoms with Crippen molar-refractivity contribution in [2.24, 2.45) is 5.41 Å². The Morgan fingerprint density at radius 1 is 1.36 bits per heavy atom. The van der Waals surface area contributed by atoms with Crippen LogP contribution in [0.5, 0.6) is 11.5 Å². The topological polar surface area (TPSA) is 59.3 Å². The van der Waals surface area contributed by atoms with Crippen LogP contribution in [0.25, 0.3) is 6.08 Å². The summed E-state index contributed by atoms with van der Waals surface area (Å²) in [6, 6.07) is 7.21. The Hall–Kier alpha value is -2.54. The fourth-order valence-corrected chi connectivity index (χ4v) is 1.76. The van der Waals surface area contributed by atoms with Gasteiger partial charge in [-0.15, -0.1) is 0 Å². The van der Waals surface area contributed by atoms with Crippen LogP contribution in [0.3, 0.4) is 0 Å². The maximum atomic E-state index is 12.2. The zero-order valence-electron chi connectivity index (χ0n) is 13.5. The van der Waals surface area contributed by atoms with E-state index in [2.05, 4.69) is 6.58 Å². The molecule has 116 valence electrons. The second-order valence-corrected chi connectivity index (χ2v) is 5.76. The van der Waals surface area contributed by atoms with Crippen molar-refractivity contribution in [3.63, 3.8) is 0 Å². The van der Waals surface area contributed by atoms with Crippen LogP contribution in [0.15, 0.2) is 36.4 Å². The van der Waals surface area contributed by atoms with Gasteiger partial charge in [-0.1, -0.05) is 39.5 Å². The van der Waals surface area contributed by atoms with Crippen LogP contribution in [-0.2, 0) is 4.79 Å². The molecule has 0 aliphatic carbocycles. The number of benzene rings is 1. The van der Waals surface area contributed by atoms with Crippen molar-refractivity contribution in [1.29, 1.82) is 5.26 Å². The van der Waals surface area contributed by atoms with Crippen molar-refractivity contribution in [3.8, 4) is 17.6 Å². The van der Waals surface area contributed by atoms with Gasteiger partial charge < -0.3 is 9.47 Å². The maximum Gasteiger partial charge on any atom is 0.178 e. The largest absolute Gasteiger partial charge is 0.493 e. The molecule has 0 bridgehead atoms. The Kier molecular flexibility index (Phi) is 5.94. The quantitative estimate of drug-likeness (QED) is 0.455. The lowest BCUT2D eigenvalue weighted by atomic mass is 9.86. The zero-order valence-corrected chi connectivity index (χ0v) is 13.5. The van der Waals surface area contributed by atoms with Crippen molar-refractivity contribution in [2.75, 3.05) is 13.7 Å².